The molecule has 0 spiro atoms. The Balaban J connectivity index is 1.89. The molecule has 1 fully saturated rings. The molecular weight excluding hydrogens is 334 g/mol. The van der Waals surface area contributed by atoms with Crippen LogP contribution in [0.15, 0.2) is 24.3 Å². The summed E-state index contributed by atoms with van der Waals surface area (Å²) in [5.74, 6) is -0.963. The zero-order valence-corrected chi connectivity index (χ0v) is 14.1. The van der Waals surface area contributed by atoms with E-state index in [2.05, 4.69) is 15.4 Å². The van der Waals surface area contributed by atoms with Crippen molar-refractivity contribution in [3.63, 3.8) is 0 Å². The Labute approximate surface area is 145 Å². The van der Waals surface area contributed by atoms with Crippen LogP contribution in [-0.4, -0.2) is 55.5 Å². The van der Waals surface area contributed by atoms with Gasteiger partial charge in [0.2, 0.25) is 11.8 Å². The summed E-state index contributed by atoms with van der Waals surface area (Å²) in [7, 11) is 1.27. The summed E-state index contributed by atoms with van der Waals surface area (Å²) < 4.78 is 4.61. The number of hydrogen-bond acceptors (Lipinski definition) is 5. The first kappa shape index (κ1) is 18.2. The van der Waals surface area contributed by atoms with Gasteiger partial charge in [0.15, 0.2) is 0 Å². The van der Waals surface area contributed by atoms with E-state index in [1.54, 1.807) is 17.0 Å². The fraction of sp³-hybridized carbons (Fsp3) is 0.438. The van der Waals surface area contributed by atoms with E-state index in [0.717, 1.165) is 5.56 Å². The summed E-state index contributed by atoms with van der Waals surface area (Å²) in [6.45, 7) is 1.36. The summed E-state index contributed by atoms with van der Waals surface area (Å²) in [5, 5.41) is 6.13. The van der Waals surface area contributed by atoms with E-state index in [1.807, 2.05) is 12.1 Å². The lowest BCUT2D eigenvalue weighted by atomic mass is 10.1. The molecule has 7 nitrogen and oxygen atoms in total. The van der Waals surface area contributed by atoms with Crippen LogP contribution in [0.25, 0.3) is 0 Å². The number of carbonyl (C=O) groups is 3. The van der Waals surface area contributed by atoms with Gasteiger partial charge in [-0.1, -0.05) is 23.7 Å². The van der Waals surface area contributed by atoms with Crippen molar-refractivity contribution < 1.29 is 19.1 Å². The zero-order chi connectivity index (χ0) is 17.5. The maximum absolute atomic E-state index is 12.1. The quantitative estimate of drug-likeness (QED) is 0.719. The van der Waals surface area contributed by atoms with Gasteiger partial charge in [0.05, 0.1) is 20.1 Å². The van der Waals surface area contributed by atoms with Crippen LogP contribution in [-0.2, 0) is 25.7 Å². The third-order valence-corrected chi connectivity index (χ3v) is 4.03. The second kappa shape index (κ2) is 8.65. The van der Waals surface area contributed by atoms with Crippen molar-refractivity contribution in [2.75, 3.05) is 26.7 Å². The molecule has 0 aromatic heterocycles. The maximum atomic E-state index is 12.1. The minimum atomic E-state index is -0.688. The highest BCUT2D eigenvalue weighted by Gasteiger charge is 2.32. The maximum Gasteiger partial charge on any atom is 0.307 e. The van der Waals surface area contributed by atoms with E-state index in [-0.39, 0.29) is 24.8 Å². The van der Waals surface area contributed by atoms with E-state index in [9.17, 15) is 14.4 Å². The first-order chi connectivity index (χ1) is 11.5. The van der Waals surface area contributed by atoms with Crippen molar-refractivity contribution in [1.29, 1.82) is 0 Å². The molecule has 1 saturated heterocycles. The van der Waals surface area contributed by atoms with Gasteiger partial charge in [-0.3, -0.25) is 19.3 Å². The molecule has 1 unspecified atom stereocenters. The molecule has 0 saturated carbocycles. The predicted octanol–water partition coefficient (Wildman–Crippen LogP) is 0.320. The summed E-state index contributed by atoms with van der Waals surface area (Å²) in [5.41, 5.74) is 0.926. The Morgan fingerprint density at radius 1 is 1.38 bits per heavy atom. The van der Waals surface area contributed by atoms with Crippen molar-refractivity contribution in [3.8, 4) is 0 Å². The van der Waals surface area contributed by atoms with Gasteiger partial charge in [0.25, 0.3) is 0 Å². The molecule has 0 bridgehead atoms. The lowest BCUT2D eigenvalue weighted by Gasteiger charge is -2.33. The highest BCUT2D eigenvalue weighted by atomic mass is 35.5. The number of methoxy groups -OCH3 is 1. The second-order valence-electron chi connectivity index (χ2n) is 5.46. The average molecular weight is 354 g/mol. The van der Waals surface area contributed by atoms with Gasteiger partial charge in [-0.15, -0.1) is 0 Å². The van der Waals surface area contributed by atoms with Crippen LogP contribution in [0.5, 0.6) is 0 Å². The average Bonchev–Trinajstić information content (AvgIpc) is 2.57. The number of benzene rings is 1. The summed E-state index contributed by atoms with van der Waals surface area (Å²) in [6.07, 6.45) is -0.0766. The molecule has 1 heterocycles. The van der Waals surface area contributed by atoms with Crippen molar-refractivity contribution in [2.45, 2.75) is 19.0 Å². The number of nitrogens with one attached hydrogen (secondary N) is 2. The van der Waals surface area contributed by atoms with Crippen LogP contribution in [0.4, 0.5) is 0 Å². The fourth-order valence-electron chi connectivity index (χ4n) is 2.46. The van der Waals surface area contributed by atoms with Gasteiger partial charge < -0.3 is 15.4 Å². The predicted molar refractivity (Wildman–Crippen MR) is 88.3 cm³/mol. The van der Waals surface area contributed by atoms with Crippen LogP contribution in [0.1, 0.15) is 12.0 Å². The SMILES string of the molecule is COC(=O)CC1C(=O)NCCN1CC(=O)NCc1ccc(Cl)cc1. The van der Waals surface area contributed by atoms with Gasteiger partial charge in [0, 0.05) is 24.7 Å². The second-order valence-corrected chi connectivity index (χ2v) is 5.90. The minimum Gasteiger partial charge on any atom is -0.469 e. The molecule has 1 aliphatic heterocycles. The molecule has 8 heteroatoms. The molecule has 2 rings (SSSR count). The number of amides is 2. The van der Waals surface area contributed by atoms with Crippen molar-refractivity contribution in [1.82, 2.24) is 15.5 Å². The number of esters is 1. The van der Waals surface area contributed by atoms with Gasteiger partial charge >= 0.3 is 5.97 Å². The lowest BCUT2D eigenvalue weighted by Crippen LogP contribution is -2.57. The largest absolute Gasteiger partial charge is 0.469 e. The number of halogens is 1. The van der Waals surface area contributed by atoms with Crippen molar-refractivity contribution in [2.24, 2.45) is 0 Å². The first-order valence-corrected chi connectivity index (χ1v) is 7.97. The molecular formula is C16H20ClN3O4. The number of carbonyl (C=O) groups excluding carboxylic acids is 3. The highest BCUT2D eigenvalue weighted by Crippen LogP contribution is 2.11. The zero-order valence-electron chi connectivity index (χ0n) is 13.4. The Morgan fingerprint density at radius 3 is 2.75 bits per heavy atom. The number of piperazine rings is 1. The van der Waals surface area contributed by atoms with Gasteiger partial charge in [-0.05, 0) is 17.7 Å². The molecule has 1 atom stereocenters. The number of rotatable bonds is 6. The van der Waals surface area contributed by atoms with E-state index in [1.165, 1.54) is 7.11 Å². The third-order valence-electron chi connectivity index (χ3n) is 3.78. The van der Waals surface area contributed by atoms with Crippen molar-refractivity contribution in [3.05, 3.63) is 34.9 Å². The Bertz CT molecular complexity index is 606. The van der Waals surface area contributed by atoms with Crippen molar-refractivity contribution >= 4 is 29.4 Å². The molecule has 1 aromatic rings. The van der Waals surface area contributed by atoms with E-state index < -0.39 is 12.0 Å². The number of nitrogens with zero attached hydrogens (tertiary/aromatic N) is 1. The Kier molecular flexibility index (Phi) is 6.57. The van der Waals surface area contributed by atoms with Crippen LogP contribution in [0, 0.1) is 0 Å². The van der Waals surface area contributed by atoms with E-state index in [0.29, 0.717) is 24.7 Å². The van der Waals surface area contributed by atoms with Gasteiger partial charge in [-0.2, -0.15) is 0 Å². The summed E-state index contributed by atoms with van der Waals surface area (Å²) in [6, 6.07) is 6.48. The van der Waals surface area contributed by atoms with Crippen LogP contribution >= 0.6 is 11.6 Å². The Hall–Kier alpha value is -2.12. The van der Waals surface area contributed by atoms with Crippen LogP contribution in [0.2, 0.25) is 5.02 Å². The molecule has 1 aliphatic rings. The highest BCUT2D eigenvalue weighted by molar-refractivity contribution is 6.30. The van der Waals surface area contributed by atoms with Gasteiger partial charge in [-0.25, -0.2) is 0 Å². The number of hydrogen-bond donors (Lipinski definition) is 2. The number of ether oxygens (including phenoxy) is 1. The molecule has 0 aliphatic carbocycles. The smallest absolute Gasteiger partial charge is 0.307 e. The molecule has 1 aromatic carbocycles. The minimum absolute atomic E-state index is 0.0443. The molecule has 2 amide bonds. The van der Waals surface area contributed by atoms with Gasteiger partial charge in [0.1, 0.15) is 6.04 Å². The fourth-order valence-corrected chi connectivity index (χ4v) is 2.58. The normalized spacial score (nSPS) is 17.9. The standard InChI is InChI=1S/C16H20ClN3O4/c1-24-15(22)8-13-16(23)18-6-7-20(13)10-14(21)19-9-11-2-4-12(17)5-3-11/h2-5,13H,6-10H2,1H3,(H,18,23)(H,19,21). The monoisotopic (exact) mass is 353 g/mol. The summed E-state index contributed by atoms with van der Waals surface area (Å²) in [4.78, 5) is 37.2. The lowest BCUT2D eigenvalue weighted by molar-refractivity contribution is -0.146. The van der Waals surface area contributed by atoms with E-state index >= 15 is 0 Å². The van der Waals surface area contributed by atoms with Crippen LogP contribution in [0.3, 0.4) is 0 Å². The molecule has 2 N–H and O–H groups in total. The first-order valence-electron chi connectivity index (χ1n) is 7.59. The molecule has 24 heavy (non-hydrogen) atoms. The summed E-state index contributed by atoms with van der Waals surface area (Å²) >= 11 is 5.82. The van der Waals surface area contributed by atoms with E-state index in [4.69, 9.17) is 11.6 Å². The Morgan fingerprint density at radius 2 is 2.08 bits per heavy atom. The third kappa shape index (κ3) is 5.21. The topological polar surface area (TPSA) is 87.7 Å². The van der Waals surface area contributed by atoms with Crippen LogP contribution < -0.4 is 10.6 Å². The molecule has 130 valence electrons. The molecule has 0 radical (unpaired) electrons.